The maximum absolute atomic E-state index is 13.0. The van der Waals surface area contributed by atoms with Crippen molar-refractivity contribution in [2.24, 2.45) is 7.05 Å². The normalized spacial score (nSPS) is 17.4. The van der Waals surface area contributed by atoms with Crippen LogP contribution in [0.2, 0.25) is 0 Å². The number of aryl methyl sites for hydroxylation is 1. The van der Waals surface area contributed by atoms with Crippen molar-refractivity contribution < 1.29 is 9.53 Å². The molecule has 0 unspecified atom stereocenters. The number of ether oxygens (including phenoxy) is 1. The molecule has 0 radical (unpaired) electrons. The molecule has 4 heterocycles. The number of carbonyl (C=O) groups excluding carboxylic acids is 1. The van der Waals surface area contributed by atoms with Crippen LogP contribution in [0.5, 0.6) is 0 Å². The second kappa shape index (κ2) is 9.25. The molecular formula is C29H31N7O2. The number of fused-ring (bicyclic) bond motifs is 2. The number of pyridine rings is 1. The molecule has 1 atom stereocenters. The number of aromatic nitrogens is 5. The van der Waals surface area contributed by atoms with Crippen molar-refractivity contribution >= 4 is 23.3 Å². The lowest BCUT2D eigenvalue weighted by Crippen LogP contribution is -2.59. The van der Waals surface area contributed by atoms with Crippen LogP contribution in [0.3, 0.4) is 0 Å². The number of likely N-dealkylation sites (tertiary alicyclic amines) is 1. The number of nitrogens with one attached hydrogen (secondary N) is 2. The van der Waals surface area contributed by atoms with E-state index < -0.39 is 0 Å². The van der Waals surface area contributed by atoms with Gasteiger partial charge in [-0.3, -0.25) is 4.68 Å². The second-order valence-corrected chi connectivity index (χ2v) is 10.8. The Balaban J connectivity index is 1.24. The van der Waals surface area contributed by atoms with Crippen molar-refractivity contribution in [2.45, 2.75) is 38.5 Å². The van der Waals surface area contributed by atoms with Crippen molar-refractivity contribution in [2.75, 3.05) is 13.1 Å². The number of urea groups is 1. The summed E-state index contributed by atoms with van der Waals surface area (Å²) in [5.74, 6) is 0.732. The van der Waals surface area contributed by atoms with Crippen LogP contribution in [0.15, 0.2) is 61.1 Å². The highest BCUT2D eigenvalue weighted by atomic mass is 16.5. The minimum absolute atomic E-state index is 0.0819. The van der Waals surface area contributed by atoms with E-state index in [1.807, 2.05) is 58.3 Å². The number of rotatable bonds is 4. The highest BCUT2D eigenvalue weighted by Crippen LogP contribution is 2.33. The zero-order chi connectivity index (χ0) is 26.4. The number of H-pyrrole nitrogens is 1. The Bertz CT molecular complexity index is 1570. The molecule has 9 heteroatoms. The number of allylic oxidation sites excluding steroid dienone is 2. The predicted molar refractivity (Wildman–Crippen MR) is 147 cm³/mol. The summed E-state index contributed by atoms with van der Waals surface area (Å²) >= 11 is 0. The van der Waals surface area contributed by atoms with Crippen LogP contribution >= 0.6 is 0 Å². The van der Waals surface area contributed by atoms with Crippen molar-refractivity contribution in [3.05, 3.63) is 72.2 Å². The van der Waals surface area contributed by atoms with E-state index in [9.17, 15) is 4.79 Å². The first-order chi connectivity index (χ1) is 18.2. The minimum atomic E-state index is -0.231. The molecule has 4 aromatic rings. The van der Waals surface area contributed by atoms with Crippen molar-refractivity contribution in [3.63, 3.8) is 0 Å². The molecule has 2 N–H and O–H groups in total. The highest BCUT2D eigenvalue weighted by molar-refractivity contribution is 5.92. The molecule has 0 saturated carbocycles. The third-order valence-electron chi connectivity index (χ3n) is 6.73. The molecular weight excluding hydrogens is 478 g/mol. The molecule has 6 rings (SSSR count). The zero-order valence-corrected chi connectivity index (χ0v) is 22.0. The summed E-state index contributed by atoms with van der Waals surface area (Å²) in [6, 6.07) is 8.00. The number of nitrogens with zero attached hydrogens (tertiary/aromatic N) is 5. The van der Waals surface area contributed by atoms with Gasteiger partial charge in [0.2, 0.25) is 0 Å². The molecule has 1 aliphatic carbocycles. The number of carbonyl (C=O) groups is 1. The Labute approximate surface area is 221 Å². The van der Waals surface area contributed by atoms with E-state index in [2.05, 4.69) is 49.6 Å². The van der Waals surface area contributed by atoms with Gasteiger partial charge in [-0.05, 0) is 49.6 Å². The quantitative estimate of drug-likeness (QED) is 0.409. The molecule has 2 aliphatic rings. The first-order valence-electron chi connectivity index (χ1n) is 12.8. The van der Waals surface area contributed by atoms with Gasteiger partial charge in [0, 0.05) is 25.0 Å². The average molecular weight is 510 g/mol. The zero-order valence-electron chi connectivity index (χ0n) is 22.0. The van der Waals surface area contributed by atoms with E-state index in [0.717, 1.165) is 39.2 Å². The lowest BCUT2D eigenvalue weighted by atomic mass is 9.95. The number of aromatic amines is 1. The Hall–Kier alpha value is -4.24. The number of hydrogen-bond acceptors (Lipinski definition) is 5. The SMILES string of the molecule is Cn1cc(-c2nc3nccc(-c4ccc5c(c4)C=CC=C[C@H]5NC(=O)N4CC(OC(C)(C)C)C4)c3[nH]2)cn1. The fourth-order valence-corrected chi connectivity index (χ4v) is 4.97. The summed E-state index contributed by atoms with van der Waals surface area (Å²) in [6.45, 7) is 7.31. The second-order valence-electron chi connectivity index (χ2n) is 10.8. The van der Waals surface area contributed by atoms with E-state index in [1.165, 1.54) is 0 Å². The van der Waals surface area contributed by atoms with Gasteiger partial charge >= 0.3 is 6.03 Å². The fourth-order valence-electron chi connectivity index (χ4n) is 4.97. The summed E-state index contributed by atoms with van der Waals surface area (Å²) < 4.78 is 7.72. The molecule has 9 nitrogen and oxygen atoms in total. The smallest absolute Gasteiger partial charge is 0.318 e. The third kappa shape index (κ3) is 4.72. The number of imidazole rings is 1. The van der Waals surface area contributed by atoms with Gasteiger partial charge in [-0.25, -0.2) is 14.8 Å². The van der Waals surface area contributed by atoms with Crippen molar-refractivity contribution in [3.8, 4) is 22.5 Å². The van der Waals surface area contributed by atoms with Crippen LogP contribution in [0.4, 0.5) is 4.79 Å². The van der Waals surface area contributed by atoms with Crippen LogP contribution in [0.1, 0.15) is 37.9 Å². The van der Waals surface area contributed by atoms with Gasteiger partial charge in [-0.1, -0.05) is 36.4 Å². The summed E-state index contributed by atoms with van der Waals surface area (Å²) in [6.07, 6.45) is 13.6. The number of amides is 2. The summed E-state index contributed by atoms with van der Waals surface area (Å²) in [5.41, 5.74) is 6.36. The Kier molecular flexibility index (Phi) is 5.87. The molecule has 194 valence electrons. The first-order valence-corrected chi connectivity index (χ1v) is 12.8. The molecule has 38 heavy (non-hydrogen) atoms. The van der Waals surface area contributed by atoms with Gasteiger partial charge in [-0.15, -0.1) is 0 Å². The molecule has 3 aromatic heterocycles. The predicted octanol–water partition coefficient (Wildman–Crippen LogP) is 4.86. The van der Waals surface area contributed by atoms with Gasteiger partial charge in [0.15, 0.2) is 5.65 Å². The summed E-state index contributed by atoms with van der Waals surface area (Å²) in [5, 5.41) is 7.43. The number of hydrogen-bond donors (Lipinski definition) is 2. The number of benzene rings is 1. The van der Waals surface area contributed by atoms with E-state index in [4.69, 9.17) is 4.74 Å². The summed E-state index contributed by atoms with van der Waals surface area (Å²) in [7, 11) is 1.88. The standard InChI is InChI=1S/C29H31N7O2/c1-29(2,3)38-21-16-36(17-21)28(37)32-24-8-6-5-7-18-13-19(9-10-22(18)24)23-11-12-30-27-25(23)33-26(34-27)20-14-31-35(4)15-20/h5-15,21,24H,16-17H2,1-4H3,(H,32,37)(H,30,33,34)/t24-/m1/s1. The van der Waals surface area contributed by atoms with Crippen LogP contribution < -0.4 is 5.32 Å². The van der Waals surface area contributed by atoms with Gasteiger partial charge in [0.25, 0.3) is 0 Å². The lowest BCUT2D eigenvalue weighted by Gasteiger charge is -2.42. The molecule has 2 amide bonds. The molecule has 1 saturated heterocycles. The monoisotopic (exact) mass is 509 g/mol. The highest BCUT2D eigenvalue weighted by Gasteiger charge is 2.35. The third-order valence-corrected chi connectivity index (χ3v) is 6.73. The van der Waals surface area contributed by atoms with Gasteiger partial charge in [0.05, 0.1) is 48.1 Å². The lowest BCUT2D eigenvalue weighted by molar-refractivity contribution is -0.111. The molecule has 1 aliphatic heterocycles. The maximum atomic E-state index is 13.0. The topological polar surface area (TPSA) is 101 Å². The Morgan fingerprint density at radius 1 is 1.16 bits per heavy atom. The van der Waals surface area contributed by atoms with Crippen molar-refractivity contribution in [1.82, 2.24) is 34.9 Å². The fraction of sp³-hybridized carbons (Fsp3) is 0.310. The molecule has 0 bridgehead atoms. The Morgan fingerprint density at radius 2 is 2.00 bits per heavy atom. The van der Waals surface area contributed by atoms with Gasteiger partial charge < -0.3 is 19.9 Å². The molecule has 1 aromatic carbocycles. The first kappa shape index (κ1) is 24.1. The van der Waals surface area contributed by atoms with Crippen LogP contribution in [-0.2, 0) is 11.8 Å². The van der Waals surface area contributed by atoms with E-state index in [0.29, 0.717) is 18.7 Å². The summed E-state index contributed by atoms with van der Waals surface area (Å²) in [4.78, 5) is 27.3. The Morgan fingerprint density at radius 3 is 2.76 bits per heavy atom. The molecule has 0 spiro atoms. The van der Waals surface area contributed by atoms with Crippen LogP contribution in [0.25, 0.3) is 39.8 Å². The van der Waals surface area contributed by atoms with Gasteiger partial charge in [0.1, 0.15) is 5.82 Å². The van der Waals surface area contributed by atoms with E-state index >= 15 is 0 Å². The van der Waals surface area contributed by atoms with E-state index in [1.54, 1.807) is 22.0 Å². The van der Waals surface area contributed by atoms with Gasteiger partial charge in [-0.2, -0.15) is 5.10 Å². The maximum Gasteiger partial charge on any atom is 0.318 e. The van der Waals surface area contributed by atoms with Crippen LogP contribution in [-0.4, -0.2) is 60.5 Å². The largest absolute Gasteiger partial charge is 0.369 e. The minimum Gasteiger partial charge on any atom is -0.369 e. The van der Waals surface area contributed by atoms with Crippen molar-refractivity contribution in [1.29, 1.82) is 0 Å². The van der Waals surface area contributed by atoms with E-state index in [-0.39, 0.29) is 23.8 Å². The average Bonchev–Trinajstić information content (AvgIpc) is 3.43. The molecule has 1 fully saturated rings. The van der Waals surface area contributed by atoms with Crippen LogP contribution in [0, 0.1) is 0 Å².